The van der Waals surface area contributed by atoms with Crippen LogP contribution >= 0.6 is 0 Å². The number of carbonyl (C=O) groups excluding carboxylic acids is 2. The molecule has 1 saturated carbocycles. The van der Waals surface area contributed by atoms with Gasteiger partial charge in [-0.1, -0.05) is 30.3 Å². The standard InChI is InChI=1S/C31H39N3O6/c1-31(2,3)40-30(37)33-26(19-34-27-18-25(38-4)16-12-23(27)13-17-28(34)35)22-10-14-24(15-11-22)32-29(36)39-20-21-8-6-5-7-9-21/h5-9,12-13,16-18,22,24,26H,10-11,14-15,19-20H2,1-4H3,(H,32,36)(H,33,37). The van der Waals surface area contributed by atoms with Crippen LogP contribution in [0.15, 0.2) is 65.5 Å². The normalized spacial score (nSPS) is 18.0. The molecule has 40 heavy (non-hydrogen) atoms. The molecule has 1 aliphatic rings. The minimum atomic E-state index is -0.653. The SMILES string of the molecule is COc1ccc2ccc(=O)n(CC(NC(=O)OC(C)(C)C)C3CCC(NC(=O)OCc4ccccc4)CC3)c2c1. The molecule has 3 aromatic rings. The van der Waals surface area contributed by atoms with Gasteiger partial charge in [0.05, 0.1) is 18.7 Å². The lowest BCUT2D eigenvalue weighted by Crippen LogP contribution is -2.48. The molecule has 2 aromatic carbocycles. The second-order valence-corrected chi connectivity index (χ2v) is 11.3. The number of benzene rings is 2. The van der Waals surface area contributed by atoms with Crippen LogP contribution in [0.4, 0.5) is 9.59 Å². The van der Waals surface area contributed by atoms with Crippen molar-refractivity contribution >= 4 is 23.1 Å². The number of amides is 2. The fraction of sp³-hybridized carbons (Fsp3) is 0.452. The van der Waals surface area contributed by atoms with Gasteiger partial charge in [0, 0.05) is 24.7 Å². The number of methoxy groups -OCH3 is 1. The Labute approximate surface area is 234 Å². The summed E-state index contributed by atoms with van der Waals surface area (Å²) in [6.07, 6.45) is 2.02. The van der Waals surface area contributed by atoms with Crippen molar-refractivity contribution in [2.24, 2.45) is 5.92 Å². The number of aromatic nitrogens is 1. The van der Waals surface area contributed by atoms with Crippen LogP contribution in [0.3, 0.4) is 0 Å². The van der Waals surface area contributed by atoms with Gasteiger partial charge >= 0.3 is 12.2 Å². The van der Waals surface area contributed by atoms with Crippen molar-refractivity contribution in [2.75, 3.05) is 7.11 Å². The molecule has 4 rings (SSSR count). The van der Waals surface area contributed by atoms with E-state index in [4.69, 9.17) is 14.2 Å². The number of pyridine rings is 1. The van der Waals surface area contributed by atoms with Crippen LogP contribution in [0, 0.1) is 5.92 Å². The predicted octanol–water partition coefficient (Wildman–Crippen LogP) is 5.39. The van der Waals surface area contributed by atoms with Gasteiger partial charge in [-0.15, -0.1) is 0 Å². The molecule has 1 aliphatic carbocycles. The first kappa shape index (κ1) is 29.0. The molecular formula is C31H39N3O6. The monoisotopic (exact) mass is 549 g/mol. The van der Waals surface area contributed by atoms with Crippen LogP contribution in [0.5, 0.6) is 5.75 Å². The molecule has 1 fully saturated rings. The average Bonchev–Trinajstić information content (AvgIpc) is 2.92. The van der Waals surface area contributed by atoms with Gasteiger partial charge in [-0.05, 0) is 81.5 Å². The van der Waals surface area contributed by atoms with E-state index in [1.807, 2.05) is 69.3 Å². The van der Waals surface area contributed by atoms with E-state index in [2.05, 4.69) is 10.6 Å². The molecule has 0 spiro atoms. The summed E-state index contributed by atoms with van der Waals surface area (Å²) >= 11 is 0. The van der Waals surface area contributed by atoms with Crippen molar-refractivity contribution in [3.8, 4) is 5.75 Å². The summed E-state index contributed by atoms with van der Waals surface area (Å²) in [6, 6.07) is 18.1. The lowest BCUT2D eigenvalue weighted by atomic mass is 9.81. The smallest absolute Gasteiger partial charge is 0.407 e. The zero-order valence-corrected chi connectivity index (χ0v) is 23.6. The van der Waals surface area contributed by atoms with Gasteiger partial charge in [-0.25, -0.2) is 9.59 Å². The molecular weight excluding hydrogens is 510 g/mol. The number of ether oxygens (including phenoxy) is 3. The van der Waals surface area contributed by atoms with E-state index in [9.17, 15) is 14.4 Å². The Hall–Kier alpha value is -4.01. The summed E-state index contributed by atoms with van der Waals surface area (Å²) in [7, 11) is 1.59. The van der Waals surface area contributed by atoms with E-state index in [1.54, 1.807) is 23.8 Å². The average molecular weight is 550 g/mol. The van der Waals surface area contributed by atoms with E-state index >= 15 is 0 Å². The van der Waals surface area contributed by atoms with Crippen molar-refractivity contribution < 1.29 is 23.8 Å². The first-order valence-electron chi connectivity index (χ1n) is 13.8. The number of nitrogens with zero attached hydrogens (tertiary/aromatic N) is 1. The van der Waals surface area contributed by atoms with Crippen LogP contribution in [0.25, 0.3) is 10.9 Å². The second kappa shape index (κ2) is 12.9. The van der Waals surface area contributed by atoms with Gasteiger partial charge < -0.3 is 29.4 Å². The number of fused-ring (bicyclic) bond motifs is 1. The molecule has 1 heterocycles. The fourth-order valence-electron chi connectivity index (χ4n) is 5.15. The Bertz CT molecular complexity index is 1360. The van der Waals surface area contributed by atoms with Gasteiger partial charge in [-0.2, -0.15) is 0 Å². The molecule has 9 heteroatoms. The molecule has 0 radical (unpaired) electrons. The van der Waals surface area contributed by atoms with Gasteiger partial charge in [0.15, 0.2) is 0 Å². The molecule has 0 saturated heterocycles. The Balaban J connectivity index is 1.45. The molecule has 2 N–H and O–H groups in total. The lowest BCUT2D eigenvalue weighted by molar-refractivity contribution is 0.0466. The Morgan fingerprint density at radius 1 is 0.975 bits per heavy atom. The highest BCUT2D eigenvalue weighted by atomic mass is 16.6. The summed E-state index contributed by atoms with van der Waals surface area (Å²) in [5.74, 6) is 0.730. The van der Waals surface area contributed by atoms with Crippen LogP contribution in [0.2, 0.25) is 0 Å². The van der Waals surface area contributed by atoms with Crippen LogP contribution in [0.1, 0.15) is 52.0 Å². The van der Waals surface area contributed by atoms with E-state index in [0.717, 1.165) is 42.1 Å². The third-order valence-electron chi connectivity index (χ3n) is 7.16. The van der Waals surface area contributed by atoms with Crippen LogP contribution in [-0.2, 0) is 22.6 Å². The number of rotatable bonds is 8. The number of carbonyl (C=O) groups is 2. The highest BCUT2D eigenvalue weighted by molar-refractivity contribution is 5.80. The molecule has 214 valence electrons. The molecule has 2 amide bonds. The maximum absolute atomic E-state index is 13.0. The second-order valence-electron chi connectivity index (χ2n) is 11.3. The largest absolute Gasteiger partial charge is 0.497 e. The summed E-state index contributed by atoms with van der Waals surface area (Å²) in [4.78, 5) is 38.2. The quantitative estimate of drug-likeness (QED) is 0.390. The van der Waals surface area contributed by atoms with Crippen molar-refractivity contribution in [2.45, 2.75) is 77.3 Å². The highest BCUT2D eigenvalue weighted by Crippen LogP contribution is 2.29. The zero-order chi connectivity index (χ0) is 28.7. The number of hydrogen-bond acceptors (Lipinski definition) is 6. The topological polar surface area (TPSA) is 108 Å². The first-order chi connectivity index (χ1) is 19.1. The number of hydrogen-bond donors (Lipinski definition) is 2. The molecule has 1 unspecified atom stereocenters. The van der Waals surface area contributed by atoms with Gasteiger partial charge in [0.25, 0.3) is 5.56 Å². The highest BCUT2D eigenvalue weighted by Gasteiger charge is 2.31. The third-order valence-corrected chi connectivity index (χ3v) is 7.16. The maximum Gasteiger partial charge on any atom is 0.407 e. The van der Waals surface area contributed by atoms with Crippen molar-refractivity contribution in [1.82, 2.24) is 15.2 Å². The first-order valence-corrected chi connectivity index (χ1v) is 13.8. The van der Waals surface area contributed by atoms with Gasteiger partial charge in [0.1, 0.15) is 18.0 Å². The van der Waals surface area contributed by atoms with Gasteiger partial charge in [-0.3, -0.25) is 4.79 Å². The predicted molar refractivity (Wildman–Crippen MR) is 153 cm³/mol. The third kappa shape index (κ3) is 8.00. The minimum absolute atomic E-state index is 0.0220. The van der Waals surface area contributed by atoms with Gasteiger partial charge in [0.2, 0.25) is 0 Å². The van der Waals surface area contributed by atoms with E-state index in [-0.39, 0.29) is 36.7 Å². The lowest BCUT2D eigenvalue weighted by Gasteiger charge is -2.35. The Morgan fingerprint density at radius 2 is 1.68 bits per heavy atom. The van der Waals surface area contributed by atoms with Crippen LogP contribution in [-0.4, -0.2) is 41.5 Å². The van der Waals surface area contributed by atoms with E-state index in [1.165, 1.54) is 0 Å². The molecule has 1 aromatic heterocycles. The summed E-state index contributed by atoms with van der Waals surface area (Å²) in [6.45, 7) is 5.95. The van der Waals surface area contributed by atoms with Crippen molar-refractivity contribution in [3.05, 3.63) is 76.6 Å². The number of alkyl carbamates (subject to hydrolysis) is 2. The van der Waals surface area contributed by atoms with E-state index < -0.39 is 17.8 Å². The molecule has 0 aliphatic heterocycles. The summed E-state index contributed by atoms with van der Waals surface area (Å²) in [5, 5.41) is 6.92. The molecule has 0 bridgehead atoms. The van der Waals surface area contributed by atoms with E-state index in [0.29, 0.717) is 5.75 Å². The minimum Gasteiger partial charge on any atom is -0.497 e. The van der Waals surface area contributed by atoms with Crippen LogP contribution < -0.4 is 20.9 Å². The van der Waals surface area contributed by atoms with Crippen molar-refractivity contribution in [1.29, 1.82) is 0 Å². The Kier molecular flexibility index (Phi) is 9.34. The maximum atomic E-state index is 13.0. The molecule has 1 atom stereocenters. The summed E-state index contributed by atoms with van der Waals surface area (Å²) < 4.78 is 18.0. The zero-order valence-electron chi connectivity index (χ0n) is 23.6. The Morgan fingerprint density at radius 3 is 2.35 bits per heavy atom. The van der Waals surface area contributed by atoms with Crippen molar-refractivity contribution in [3.63, 3.8) is 0 Å². The summed E-state index contributed by atoms with van der Waals surface area (Å²) in [5.41, 5.74) is 0.853. The fourth-order valence-corrected chi connectivity index (χ4v) is 5.15. The molecule has 9 nitrogen and oxygen atoms in total. The number of nitrogens with one attached hydrogen (secondary N) is 2.